The summed E-state index contributed by atoms with van der Waals surface area (Å²) in [5.74, 6) is 0.653. The number of ether oxygens (including phenoxy) is 4. The summed E-state index contributed by atoms with van der Waals surface area (Å²) in [6, 6.07) is 21.0. The second kappa shape index (κ2) is 13.6. The maximum Gasteiger partial charge on any atom is 0.338 e. The summed E-state index contributed by atoms with van der Waals surface area (Å²) in [6.45, 7) is 4.09. The number of aromatic nitrogens is 1. The Bertz CT molecular complexity index is 1940. The fourth-order valence-electron chi connectivity index (χ4n) is 4.89. The van der Waals surface area contributed by atoms with E-state index < -0.39 is 12.0 Å². The summed E-state index contributed by atoms with van der Waals surface area (Å²) >= 11 is 7.65. The van der Waals surface area contributed by atoms with Crippen molar-refractivity contribution in [2.24, 2.45) is 4.99 Å². The van der Waals surface area contributed by atoms with E-state index in [2.05, 4.69) is 0 Å². The van der Waals surface area contributed by atoms with E-state index >= 15 is 0 Å². The number of carbonyl (C=O) groups is 1. The minimum atomic E-state index is -0.821. The number of hydrogen-bond donors (Lipinski definition) is 0. The van der Waals surface area contributed by atoms with E-state index in [1.54, 1.807) is 25.1 Å². The van der Waals surface area contributed by atoms with E-state index in [1.165, 1.54) is 23.0 Å². The highest BCUT2D eigenvalue weighted by molar-refractivity contribution is 7.07. The quantitative estimate of drug-likeness (QED) is 0.229. The van der Waals surface area contributed by atoms with Gasteiger partial charge < -0.3 is 18.9 Å². The first-order valence-corrected chi connectivity index (χ1v) is 15.0. The van der Waals surface area contributed by atoms with Crippen LogP contribution in [-0.2, 0) is 9.53 Å². The third-order valence-electron chi connectivity index (χ3n) is 6.71. The maximum atomic E-state index is 14.1. The van der Waals surface area contributed by atoms with Crippen molar-refractivity contribution in [1.29, 1.82) is 5.26 Å². The second-order valence-electron chi connectivity index (χ2n) is 9.41. The Hall–Kier alpha value is -4.85. The highest BCUT2D eigenvalue weighted by atomic mass is 35.5. The first-order chi connectivity index (χ1) is 21.4. The van der Waals surface area contributed by atoms with E-state index in [9.17, 15) is 9.59 Å². The molecular formula is C33H28ClN3O6S. The summed E-state index contributed by atoms with van der Waals surface area (Å²) < 4.78 is 23.9. The summed E-state index contributed by atoms with van der Waals surface area (Å²) in [6.07, 6.45) is 1.68. The zero-order valence-electron chi connectivity index (χ0n) is 24.2. The Labute approximate surface area is 262 Å². The van der Waals surface area contributed by atoms with Crippen LogP contribution in [0.4, 0.5) is 0 Å². The molecule has 5 rings (SSSR count). The van der Waals surface area contributed by atoms with Crippen molar-refractivity contribution in [2.75, 3.05) is 26.9 Å². The molecule has 3 aromatic carbocycles. The number of nitrogens with zero attached hydrogens (tertiary/aromatic N) is 3. The molecule has 0 fully saturated rings. The molecule has 0 unspecified atom stereocenters. The molecule has 0 N–H and O–H groups in total. The monoisotopic (exact) mass is 629 g/mol. The van der Waals surface area contributed by atoms with Crippen molar-refractivity contribution in [2.45, 2.75) is 19.9 Å². The molecule has 4 aromatic rings. The van der Waals surface area contributed by atoms with Gasteiger partial charge in [-0.25, -0.2) is 9.79 Å². The van der Waals surface area contributed by atoms with E-state index in [-0.39, 0.29) is 35.1 Å². The number of esters is 1. The molecule has 0 saturated carbocycles. The second-order valence-corrected chi connectivity index (χ2v) is 10.8. The number of hydrogen-bond acceptors (Lipinski definition) is 9. The van der Waals surface area contributed by atoms with Gasteiger partial charge in [0.1, 0.15) is 11.8 Å². The van der Waals surface area contributed by atoms with Gasteiger partial charge in [-0.3, -0.25) is 9.36 Å². The van der Waals surface area contributed by atoms with Gasteiger partial charge in [0.25, 0.3) is 5.56 Å². The predicted molar refractivity (Wildman–Crippen MR) is 168 cm³/mol. The van der Waals surface area contributed by atoms with Crippen LogP contribution in [0.5, 0.6) is 17.2 Å². The fraction of sp³-hybridized carbons (Fsp3) is 0.212. The van der Waals surface area contributed by atoms with Crippen molar-refractivity contribution in [1.82, 2.24) is 4.57 Å². The number of halogens is 1. The lowest BCUT2D eigenvalue weighted by atomic mass is 9.93. The lowest BCUT2D eigenvalue weighted by Crippen LogP contribution is -2.40. The van der Waals surface area contributed by atoms with Crippen molar-refractivity contribution in [3.63, 3.8) is 0 Å². The van der Waals surface area contributed by atoms with Crippen molar-refractivity contribution < 1.29 is 23.7 Å². The number of thiazole rings is 1. The number of fused-ring (bicyclic) bond motifs is 1. The molecule has 1 aliphatic rings. The zero-order valence-corrected chi connectivity index (χ0v) is 25.8. The largest absolute Gasteiger partial charge is 0.494 e. The molecular weight excluding hydrogens is 602 g/mol. The number of carbonyl (C=O) groups excluding carboxylic acids is 1. The van der Waals surface area contributed by atoms with E-state index in [0.29, 0.717) is 49.8 Å². The molecule has 9 nitrogen and oxygen atoms in total. The molecule has 0 bridgehead atoms. The van der Waals surface area contributed by atoms with Gasteiger partial charge in [-0.2, -0.15) is 5.26 Å². The van der Waals surface area contributed by atoms with Crippen molar-refractivity contribution in [3.05, 3.63) is 114 Å². The average molecular weight is 630 g/mol. The van der Waals surface area contributed by atoms with Crippen LogP contribution in [0.25, 0.3) is 11.8 Å². The molecule has 0 radical (unpaired) electrons. The number of nitriles is 1. The first kappa shape index (κ1) is 30.6. The van der Waals surface area contributed by atoms with Crippen LogP contribution in [0.1, 0.15) is 36.6 Å². The predicted octanol–water partition coefficient (Wildman–Crippen LogP) is 4.90. The number of methoxy groups -OCH3 is 1. The molecule has 0 spiro atoms. The van der Waals surface area contributed by atoms with Crippen LogP contribution >= 0.6 is 22.9 Å². The molecule has 11 heteroatoms. The Kier molecular flexibility index (Phi) is 9.48. The standard InChI is InChI=1S/C33H28ClN3O6S/c1-4-41-23-13-11-22(12-14-23)29-27(32(39)42-5-2)28(21-9-7-6-8-10-21)36-33-37(29)31(38)26(44-33)19-20-17-24(34)30(43-16-15-35)25(18-20)40-3/h6-14,17-19,29H,4-5,16H2,1-3H3/b26-19-/t29-/m1/s1. The Morgan fingerprint density at radius 2 is 1.84 bits per heavy atom. The third kappa shape index (κ3) is 6.11. The summed E-state index contributed by atoms with van der Waals surface area (Å²) in [4.78, 5) is 33.0. The molecule has 0 amide bonds. The summed E-state index contributed by atoms with van der Waals surface area (Å²) in [5, 5.41) is 9.13. The van der Waals surface area contributed by atoms with Crippen LogP contribution in [0.15, 0.2) is 82.1 Å². The van der Waals surface area contributed by atoms with Gasteiger partial charge in [-0.05, 0) is 55.3 Å². The molecule has 1 atom stereocenters. The molecule has 1 aromatic heterocycles. The minimum absolute atomic E-state index is 0.154. The molecule has 0 aliphatic carbocycles. The SMILES string of the molecule is CCOC(=O)C1=C(c2ccccc2)N=c2s/c(=C\c3cc(Cl)c(OCC#N)c(OC)c3)c(=O)n2[C@@H]1c1ccc(OCC)cc1. The van der Waals surface area contributed by atoms with E-state index in [1.807, 2.05) is 67.6 Å². The Morgan fingerprint density at radius 1 is 1.09 bits per heavy atom. The molecule has 2 heterocycles. The van der Waals surface area contributed by atoms with Crippen molar-refractivity contribution in [3.8, 4) is 23.3 Å². The normalized spacial score (nSPS) is 14.3. The Balaban J connectivity index is 1.76. The van der Waals surface area contributed by atoms with Gasteiger partial charge in [-0.1, -0.05) is 65.4 Å². The van der Waals surface area contributed by atoms with Crippen molar-refractivity contribution >= 4 is 40.7 Å². The number of benzene rings is 3. The van der Waals surface area contributed by atoms with E-state index in [4.69, 9.17) is 40.8 Å². The van der Waals surface area contributed by atoms with Crippen LogP contribution in [0, 0.1) is 11.3 Å². The fourth-order valence-corrected chi connectivity index (χ4v) is 6.16. The summed E-state index contributed by atoms with van der Waals surface area (Å²) in [7, 11) is 1.46. The van der Waals surface area contributed by atoms with Gasteiger partial charge in [0.2, 0.25) is 0 Å². The first-order valence-electron chi connectivity index (χ1n) is 13.8. The van der Waals surface area contributed by atoms with Crippen LogP contribution in [-0.4, -0.2) is 37.5 Å². The Morgan fingerprint density at radius 3 is 2.50 bits per heavy atom. The molecule has 44 heavy (non-hydrogen) atoms. The van der Waals surface area contributed by atoms with E-state index in [0.717, 1.165) is 0 Å². The summed E-state index contributed by atoms with van der Waals surface area (Å²) in [5.41, 5.74) is 2.32. The smallest absolute Gasteiger partial charge is 0.338 e. The zero-order chi connectivity index (χ0) is 31.2. The minimum Gasteiger partial charge on any atom is -0.494 e. The van der Waals surface area contributed by atoms with Gasteiger partial charge >= 0.3 is 5.97 Å². The van der Waals surface area contributed by atoms with Crippen LogP contribution in [0.2, 0.25) is 5.02 Å². The highest BCUT2D eigenvalue weighted by Gasteiger charge is 2.35. The third-order valence-corrected chi connectivity index (χ3v) is 7.97. The van der Waals surface area contributed by atoms with Gasteiger partial charge in [0.05, 0.1) is 47.2 Å². The van der Waals surface area contributed by atoms with Gasteiger partial charge in [-0.15, -0.1) is 0 Å². The lowest BCUT2D eigenvalue weighted by molar-refractivity contribution is -0.138. The average Bonchev–Trinajstić information content (AvgIpc) is 3.34. The van der Waals surface area contributed by atoms with Crippen LogP contribution in [0.3, 0.4) is 0 Å². The van der Waals surface area contributed by atoms with Crippen LogP contribution < -0.4 is 29.1 Å². The van der Waals surface area contributed by atoms with Gasteiger partial charge in [0, 0.05) is 5.56 Å². The highest BCUT2D eigenvalue weighted by Crippen LogP contribution is 2.37. The lowest BCUT2D eigenvalue weighted by Gasteiger charge is -2.26. The number of rotatable bonds is 10. The van der Waals surface area contributed by atoms with Gasteiger partial charge in [0.15, 0.2) is 22.9 Å². The topological polar surface area (TPSA) is 112 Å². The molecule has 1 aliphatic heterocycles. The molecule has 0 saturated heterocycles. The molecule has 224 valence electrons. The maximum absolute atomic E-state index is 14.1.